The molecule has 2 rings (SSSR count). The summed E-state index contributed by atoms with van der Waals surface area (Å²) in [5.74, 6) is -0.376. The molecule has 1 heterocycles. The lowest BCUT2D eigenvalue weighted by molar-refractivity contribution is -0.385. The van der Waals surface area contributed by atoms with Crippen LogP contribution in [0.2, 0.25) is 0 Å². The molecule has 1 amide bonds. The normalized spacial score (nSPS) is 10.1. The molecule has 0 bridgehead atoms. The van der Waals surface area contributed by atoms with E-state index in [1.165, 1.54) is 36.3 Å². The van der Waals surface area contributed by atoms with E-state index in [4.69, 9.17) is 0 Å². The van der Waals surface area contributed by atoms with Gasteiger partial charge in [-0.05, 0) is 6.07 Å². The van der Waals surface area contributed by atoms with Gasteiger partial charge >= 0.3 is 0 Å². The van der Waals surface area contributed by atoms with Crippen molar-refractivity contribution < 1.29 is 9.72 Å². The second kappa shape index (κ2) is 6.00. The summed E-state index contributed by atoms with van der Waals surface area (Å²) in [5.41, 5.74) is 0.256. The van der Waals surface area contributed by atoms with Gasteiger partial charge in [0.15, 0.2) is 0 Å². The Balaban J connectivity index is 2.22. The maximum Gasteiger partial charge on any atom is 0.274 e. The van der Waals surface area contributed by atoms with Gasteiger partial charge in [0.2, 0.25) is 5.56 Å². The van der Waals surface area contributed by atoms with Gasteiger partial charge in [-0.1, -0.05) is 18.2 Å². The molecule has 7 nitrogen and oxygen atoms in total. The molecule has 108 valence electrons. The number of H-pyrrole nitrogens is 1. The highest BCUT2D eigenvalue weighted by Crippen LogP contribution is 2.19. The number of nitrogens with one attached hydrogen (secondary N) is 1. The maximum absolute atomic E-state index is 12.2. The Morgan fingerprint density at radius 1 is 1.33 bits per heavy atom. The first kappa shape index (κ1) is 14.4. The van der Waals surface area contributed by atoms with Gasteiger partial charge in [0, 0.05) is 36.5 Å². The smallest absolute Gasteiger partial charge is 0.274 e. The number of benzene rings is 1. The second-order valence-corrected chi connectivity index (χ2v) is 4.49. The lowest BCUT2D eigenvalue weighted by Crippen LogP contribution is -2.27. The largest absolute Gasteiger partial charge is 0.337 e. The van der Waals surface area contributed by atoms with E-state index in [0.717, 1.165) is 0 Å². The van der Waals surface area contributed by atoms with Gasteiger partial charge in [-0.25, -0.2) is 0 Å². The van der Waals surface area contributed by atoms with Gasteiger partial charge in [0.25, 0.3) is 11.6 Å². The Hall–Kier alpha value is -2.96. The third kappa shape index (κ3) is 3.33. The predicted octanol–water partition coefficient (Wildman–Crippen LogP) is 1.56. The van der Waals surface area contributed by atoms with E-state index >= 15 is 0 Å². The minimum atomic E-state index is -0.485. The lowest BCUT2D eigenvalue weighted by Gasteiger charge is -2.17. The number of aromatic amines is 1. The molecular weight excluding hydrogens is 274 g/mol. The van der Waals surface area contributed by atoms with Crippen molar-refractivity contribution >= 4 is 11.6 Å². The third-order valence-electron chi connectivity index (χ3n) is 2.96. The Bertz CT molecular complexity index is 739. The van der Waals surface area contributed by atoms with Crippen LogP contribution in [0.5, 0.6) is 0 Å². The first-order valence-corrected chi connectivity index (χ1v) is 6.15. The molecule has 0 saturated carbocycles. The number of para-hydroxylation sites is 1. The lowest BCUT2D eigenvalue weighted by atomic mass is 10.1. The number of nitro groups is 1. The molecule has 0 saturated heterocycles. The van der Waals surface area contributed by atoms with Gasteiger partial charge in [-0.2, -0.15) is 0 Å². The van der Waals surface area contributed by atoms with Gasteiger partial charge in [0.05, 0.1) is 11.5 Å². The number of aromatic nitrogens is 1. The van der Waals surface area contributed by atoms with Crippen molar-refractivity contribution in [2.24, 2.45) is 0 Å². The number of hydrogen-bond donors (Lipinski definition) is 1. The molecule has 0 aliphatic heterocycles. The summed E-state index contributed by atoms with van der Waals surface area (Å²) in [4.78, 5) is 37.6. The van der Waals surface area contributed by atoms with Crippen molar-refractivity contribution in [1.29, 1.82) is 0 Å². The van der Waals surface area contributed by atoms with E-state index < -0.39 is 4.92 Å². The Morgan fingerprint density at radius 2 is 2.05 bits per heavy atom. The summed E-state index contributed by atoms with van der Waals surface area (Å²) in [5, 5.41) is 10.9. The molecule has 7 heteroatoms. The topological polar surface area (TPSA) is 96.3 Å². The summed E-state index contributed by atoms with van der Waals surface area (Å²) in [6, 6.07) is 8.91. The highest BCUT2D eigenvalue weighted by Gasteiger charge is 2.18. The molecule has 1 aromatic heterocycles. The van der Waals surface area contributed by atoms with Crippen LogP contribution in [0.1, 0.15) is 15.9 Å². The van der Waals surface area contributed by atoms with Crippen molar-refractivity contribution in [3.63, 3.8) is 0 Å². The van der Waals surface area contributed by atoms with E-state index in [-0.39, 0.29) is 29.3 Å². The first-order chi connectivity index (χ1) is 9.99. The van der Waals surface area contributed by atoms with Crippen LogP contribution < -0.4 is 5.56 Å². The van der Waals surface area contributed by atoms with Crippen LogP contribution in [-0.4, -0.2) is 27.8 Å². The van der Waals surface area contributed by atoms with Crippen molar-refractivity contribution in [2.45, 2.75) is 6.54 Å². The van der Waals surface area contributed by atoms with Crippen LogP contribution >= 0.6 is 0 Å². The minimum absolute atomic E-state index is 0.0388. The van der Waals surface area contributed by atoms with Crippen LogP contribution in [0.3, 0.4) is 0 Å². The van der Waals surface area contributed by atoms with Crippen molar-refractivity contribution in [2.75, 3.05) is 7.05 Å². The van der Waals surface area contributed by atoms with Gasteiger partial charge in [-0.15, -0.1) is 0 Å². The second-order valence-electron chi connectivity index (χ2n) is 4.49. The Kier molecular flexibility index (Phi) is 4.13. The average molecular weight is 287 g/mol. The van der Waals surface area contributed by atoms with E-state index in [0.29, 0.717) is 5.56 Å². The fraction of sp³-hybridized carbons (Fsp3) is 0.143. The molecule has 0 spiro atoms. The molecule has 2 aromatic rings. The zero-order chi connectivity index (χ0) is 15.4. The van der Waals surface area contributed by atoms with Crippen molar-refractivity contribution in [3.8, 4) is 0 Å². The van der Waals surface area contributed by atoms with Crippen LogP contribution in [0.4, 0.5) is 5.69 Å². The van der Waals surface area contributed by atoms with Gasteiger partial charge in [0.1, 0.15) is 0 Å². The fourth-order valence-corrected chi connectivity index (χ4v) is 1.95. The molecule has 0 atom stereocenters. The van der Waals surface area contributed by atoms with E-state index in [1.807, 2.05) is 0 Å². The summed E-state index contributed by atoms with van der Waals surface area (Å²) < 4.78 is 0. The van der Waals surface area contributed by atoms with E-state index in [2.05, 4.69) is 4.98 Å². The highest BCUT2D eigenvalue weighted by atomic mass is 16.6. The summed E-state index contributed by atoms with van der Waals surface area (Å²) >= 11 is 0. The maximum atomic E-state index is 12.2. The number of pyridine rings is 1. The van der Waals surface area contributed by atoms with Crippen LogP contribution in [0.15, 0.2) is 47.4 Å². The number of amides is 1. The van der Waals surface area contributed by atoms with Gasteiger partial charge in [-0.3, -0.25) is 19.7 Å². The number of nitrogens with zero attached hydrogens (tertiary/aromatic N) is 2. The highest BCUT2D eigenvalue weighted by molar-refractivity contribution is 5.93. The van der Waals surface area contributed by atoms with E-state index in [1.54, 1.807) is 18.2 Å². The number of nitro benzene ring substituents is 1. The quantitative estimate of drug-likeness (QED) is 0.681. The third-order valence-corrected chi connectivity index (χ3v) is 2.96. The molecule has 1 N–H and O–H groups in total. The molecule has 1 aromatic carbocycles. The number of rotatable bonds is 4. The zero-order valence-electron chi connectivity index (χ0n) is 11.3. The number of carbonyl (C=O) groups excluding carboxylic acids is 1. The first-order valence-electron chi connectivity index (χ1n) is 6.15. The monoisotopic (exact) mass is 287 g/mol. The zero-order valence-corrected chi connectivity index (χ0v) is 11.3. The van der Waals surface area contributed by atoms with Gasteiger partial charge < -0.3 is 9.88 Å². The number of hydrogen-bond acceptors (Lipinski definition) is 4. The molecule has 0 radical (unpaired) electrons. The standard InChI is InChI=1S/C14H13N3O4/c1-16(14(19)10-6-7-15-13(18)8-10)9-11-4-2-3-5-12(11)17(20)21/h2-8H,9H2,1H3,(H,15,18). The average Bonchev–Trinajstić information content (AvgIpc) is 2.46. The van der Waals surface area contributed by atoms with E-state index in [9.17, 15) is 19.7 Å². The molecule has 21 heavy (non-hydrogen) atoms. The summed E-state index contributed by atoms with van der Waals surface area (Å²) in [6.07, 6.45) is 1.38. The van der Waals surface area contributed by atoms with Crippen LogP contribution in [-0.2, 0) is 6.54 Å². The van der Waals surface area contributed by atoms with Crippen LogP contribution in [0.25, 0.3) is 0 Å². The fourth-order valence-electron chi connectivity index (χ4n) is 1.95. The predicted molar refractivity (Wildman–Crippen MR) is 76.0 cm³/mol. The molecule has 0 fully saturated rings. The molecule has 0 unspecified atom stereocenters. The summed E-state index contributed by atoms with van der Waals surface area (Å²) in [6.45, 7) is 0.0861. The molecule has 0 aliphatic carbocycles. The van der Waals surface area contributed by atoms with Crippen molar-refractivity contribution in [3.05, 3.63) is 74.2 Å². The number of carbonyl (C=O) groups is 1. The Labute approximate surface area is 120 Å². The van der Waals surface area contributed by atoms with Crippen molar-refractivity contribution in [1.82, 2.24) is 9.88 Å². The summed E-state index contributed by atoms with van der Waals surface area (Å²) in [7, 11) is 1.53. The minimum Gasteiger partial charge on any atom is -0.337 e. The Morgan fingerprint density at radius 3 is 2.71 bits per heavy atom. The molecular formula is C14H13N3O4. The van der Waals surface area contributed by atoms with Crippen LogP contribution in [0, 0.1) is 10.1 Å². The SMILES string of the molecule is CN(Cc1ccccc1[N+](=O)[O-])C(=O)c1cc[nH]c(=O)c1. The molecule has 0 aliphatic rings.